The van der Waals surface area contributed by atoms with E-state index in [1.807, 2.05) is 120 Å². The van der Waals surface area contributed by atoms with Gasteiger partial charge in [-0.15, -0.1) is 0 Å². The summed E-state index contributed by atoms with van der Waals surface area (Å²) in [5, 5.41) is 4.19. The van der Waals surface area contributed by atoms with Gasteiger partial charge in [-0.3, -0.25) is 4.98 Å². The highest BCUT2D eigenvalue weighted by molar-refractivity contribution is 5.88. The van der Waals surface area contributed by atoms with Gasteiger partial charge in [-0.05, 0) is 72.1 Å². The van der Waals surface area contributed by atoms with E-state index in [9.17, 15) is 13.6 Å². The molecule has 7 nitrogen and oxygen atoms in total. The summed E-state index contributed by atoms with van der Waals surface area (Å²) in [5.41, 5.74) is 6.34. The smallest absolute Gasteiger partial charge is 0.162 e. The van der Waals surface area contributed by atoms with Crippen LogP contribution < -0.4 is 19.5 Å². The molecule has 1 atom stereocenters. The quantitative estimate of drug-likeness (QED) is 0.123. The molecule has 0 amide bonds. The first-order valence-corrected chi connectivity index (χ1v) is 17.4. The SMILES string of the molecule is CC.CC.CNC(Cc1cc(F)cc(F)c1)c1ncccc1-c1ccc(OC)cc1.COc1cc2[nH]cc(CC=O)c2cc1OCc1ccccc1. The van der Waals surface area contributed by atoms with Crippen LogP contribution >= 0.6 is 0 Å². The van der Waals surface area contributed by atoms with Crippen LogP contribution in [0.2, 0.25) is 0 Å². The molecule has 2 N–H and O–H groups in total. The second-order valence-electron chi connectivity index (χ2n) is 11.0. The number of carbonyl (C=O) groups excluding carboxylic acids is 1. The monoisotopic (exact) mass is 709 g/mol. The summed E-state index contributed by atoms with van der Waals surface area (Å²) in [6.07, 6.45) is 5.27. The number of ether oxygens (including phenoxy) is 3. The fraction of sp³-hybridized carbons (Fsp3) is 0.256. The average Bonchev–Trinajstić information content (AvgIpc) is 3.59. The number of hydrogen-bond donors (Lipinski definition) is 2. The van der Waals surface area contributed by atoms with Crippen molar-refractivity contribution in [2.45, 2.75) is 53.2 Å². The number of pyridine rings is 1. The Kier molecular flexibility index (Phi) is 17.0. The number of H-pyrrole nitrogens is 1. The summed E-state index contributed by atoms with van der Waals surface area (Å²) in [4.78, 5) is 18.4. The highest BCUT2D eigenvalue weighted by Gasteiger charge is 2.18. The lowest BCUT2D eigenvalue weighted by atomic mass is 9.95. The number of carbonyl (C=O) groups is 1. The van der Waals surface area contributed by atoms with Crippen LogP contribution in [0.25, 0.3) is 22.0 Å². The van der Waals surface area contributed by atoms with E-state index in [0.29, 0.717) is 36.5 Å². The minimum absolute atomic E-state index is 0.186. The topological polar surface area (TPSA) is 85.5 Å². The zero-order valence-corrected chi connectivity index (χ0v) is 31.0. The second kappa shape index (κ2) is 21.6. The lowest BCUT2D eigenvalue weighted by Crippen LogP contribution is -2.21. The molecule has 0 radical (unpaired) electrons. The minimum atomic E-state index is -0.578. The van der Waals surface area contributed by atoms with Crippen LogP contribution in [0.1, 0.15) is 56.1 Å². The molecule has 2 aromatic heterocycles. The number of nitrogens with zero attached hydrogens (tertiary/aromatic N) is 1. The Balaban J connectivity index is 0.000000259. The largest absolute Gasteiger partial charge is 0.497 e. The molecule has 0 fully saturated rings. The van der Waals surface area contributed by atoms with Crippen LogP contribution in [0.15, 0.2) is 109 Å². The van der Waals surface area contributed by atoms with Crippen molar-refractivity contribution in [3.63, 3.8) is 0 Å². The number of rotatable bonds is 12. The number of aldehydes is 1. The number of fused-ring (bicyclic) bond motifs is 1. The van der Waals surface area contributed by atoms with E-state index >= 15 is 0 Å². The third kappa shape index (κ3) is 11.2. The number of halogens is 2. The first-order chi connectivity index (χ1) is 25.4. The standard InChI is InChI=1S/C21H20F2N2O.C18H17NO3.2C2H6/c1-24-20(12-14-10-16(22)13-17(23)11-14)21-19(4-3-9-25-21)15-5-7-18(26-2)8-6-15;1-21-17-10-16-15(14(7-8-20)11-19-16)9-18(17)22-12-13-5-3-2-4-6-13;2*1-2/h3-11,13,20,24H,12H2,1-2H3;2-6,8-11,19H,7,12H2,1H3;2*1-2H3. The molecule has 9 heteroatoms. The van der Waals surface area contributed by atoms with E-state index in [2.05, 4.69) is 15.3 Å². The maximum absolute atomic E-state index is 13.5. The van der Waals surface area contributed by atoms with Crippen molar-refractivity contribution in [2.24, 2.45) is 0 Å². The van der Waals surface area contributed by atoms with Crippen molar-refractivity contribution in [1.82, 2.24) is 15.3 Å². The van der Waals surface area contributed by atoms with Crippen molar-refractivity contribution in [3.8, 4) is 28.4 Å². The van der Waals surface area contributed by atoms with E-state index in [1.165, 1.54) is 12.1 Å². The zero-order chi connectivity index (χ0) is 37.9. The maximum Gasteiger partial charge on any atom is 0.162 e. The molecule has 52 heavy (non-hydrogen) atoms. The number of aromatic nitrogens is 2. The fourth-order valence-electron chi connectivity index (χ4n) is 5.46. The van der Waals surface area contributed by atoms with Crippen molar-refractivity contribution in [2.75, 3.05) is 21.3 Å². The molecule has 0 saturated carbocycles. The van der Waals surface area contributed by atoms with E-state index in [4.69, 9.17) is 14.2 Å². The Bertz CT molecular complexity index is 1930. The van der Waals surface area contributed by atoms with Gasteiger partial charge in [-0.2, -0.15) is 0 Å². The van der Waals surface area contributed by atoms with E-state index < -0.39 is 11.6 Å². The summed E-state index contributed by atoms with van der Waals surface area (Å²) in [6.45, 7) is 8.47. The second-order valence-corrected chi connectivity index (χ2v) is 11.0. The lowest BCUT2D eigenvalue weighted by Gasteiger charge is -2.19. The molecule has 0 saturated heterocycles. The van der Waals surface area contributed by atoms with Crippen LogP contribution in [0.4, 0.5) is 8.78 Å². The van der Waals surface area contributed by atoms with E-state index in [0.717, 1.165) is 57.0 Å². The zero-order valence-electron chi connectivity index (χ0n) is 31.0. The van der Waals surface area contributed by atoms with Gasteiger partial charge in [0, 0.05) is 47.4 Å². The van der Waals surface area contributed by atoms with Gasteiger partial charge in [0.25, 0.3) is 0 Å². The minimum Gasteiger partial charge on any atom is -0.497 e. The molecule has 0 aliphatic rings. The van der Waals surface area contributed by atoms with Crippen LogP contribution in [-0.4, -0.2) is 37.5 Å². The van der Waals surface area contributed by atoms with Crippen LogP contribution in [-0.2, 0) is 24.2 Å². The Morgan fingerprint density at radius 1 is 0.808 bits per heavy atom. The van der Waals surface area contributed by atoms with Crippen LogP contribution in [0.5, 0.6) is 17.2 Å². The third-order valence-corrected chi connectivity index (χ3v) is 7.87. The summed E-state index contributed by atoms with van der Waals surface area (Å²) < 4.78 is 43.5. The first-order valence-electron chi connectivity index (χ1n) is 17.4. The van der Waals surface area contributed by atoms with E-state index in [-0.39, 0.29) is 6.04 Å². The molecule has 274 valence electrons. The number of likely N-dealkylation sites (N-methyl/N-ethyl adjacent to an activating group) is 1. The molecule has 6 aromatic rings. The summed E-state index contributed by atoms with van der Waals surface area (Å²) in [6, 6.07) is 28.7. The van der Waals surface area contributed by atoms with Gasteiger partial charge in [0.05, 0.1) is 26.0 Å². The summed E-state index contributed by atoms with van der Waals surface area (Å²) >= 11 is 0. The highest BCUT2D eigenvalue weighted by atomic mass is 19.1. The number of methoxy groups -OCH3 is 2. The Hall–Kier alpha value is -5.54. The molecule has 6 rings (SSSR count). The normalized spacial score (nSPS) is 10.7. The maximum atomic E-state index is 13.5. The van der Waals surface area contributed by atoms with Gasteiger partial charge < -0.3 is 29.3 Å². The number of aromatic amines is 1. The molecular formula is C43H49F2N3O4. The molecule has 0 spiro atoms. The molecule has 0 aliphatic carbocycles. The summed E-state index contributed by atoms with van der Waals surface area (Å²) in [7, 11) is 5.05. The highest BCUT2D eigenvalue weighted by Crippen LogP contribution is 2.34. The number of benzene rings is 4. The first kappa shape index (κ1) is 40.9. The average molecular weight is 710 g/mol. The van der Waals surface area contributed by atoms with Crippen molar-refractivity contribution in [3.05, 3.63) is 143 Å². The van der Waals surface area contributed by atoms with Crippen molar-refractivity contribution in [1.29, 1.82) is 0 Å². The molecule has 0 aliphatic heterocycles. The van der Waals surface area contributed by atoms with Crippen LogP contribution in [0.3, 0.4) is 0 Å². The van der Waals surface area contributed by atoms with Gasteiger partial charge in [-0.25, -0.2) is 8.78 Å². The van der Waals surface area contributed by atoms with Crippen molar-refractivity contribution < 1.29 is 27.8 Å². The molecule has 0 bridgehead atoms. The van der Waals surface area contributed by atoms with Gasteiger partial charge in [0.15, 0.2) is 11.5 Å². The predicted octanol–water partition coefficient (Wildman–Crippen LogP) is 10.1. The van der Waals surface area contributed by atoms with Gasteiger partial charge in [0.2, 0.25) is 0 Å². The molecule has 2 heterocycles. The van der Waals surface area contributed by atoms with E-state index in [1.54, 1.807) is 20.4 Å². The predicted molar refractivity (Wildman–Crippen MR) is 206 cm³/mol. The Labute approximate surface area is 306 Å². The van der Waals surface area contributed by atoms with Gasteiger partial charge in [0.1, 0.15) is 30.3 Å². The lowest BCUT2D eigenvalue weighted by molar-refractivity contribution is -0.107. The molecule has 1 unspecified atom stereocenters. The fourth-order valence-corrected chi connectivity index (χ4v) is 5.46. The van der Waals surface area contributed by atoms with Crippen molar-refractivity contribution >= 4 is 17.2 Å². The molecule has 4 aromatic carbocycles. The van der Waals surface area contributed by atoms with Gasteiger partial charge in [-0.1, -0.05) is 76.2 Å². The summed E-state index contributed by atoms with van der Waals surface area (Å²) in [5.74, 6) is 0.964. The van der Waals surface area contributed by atoms with Gasteiger partial charge >= 0.3 is 0 Å². The number of hydrogen-bond acceptors (Lipinski definition) is 6. The Morgan fingerprint density at radius 3 is 2.12 bits per heavy atom. The third-order valence-electron chi connectivity index (χ3n) is 7.87. The molecular weight excluding hydrogens is 660 g/mol. The van der Waals surface area contributed by atoms with Crippen LogP contribution in [0, 0.1) is 11.6 Å². The Morgan fingerprint density at radius 2 is 1.50 bits per heavy atom. The number of nitrogens with one attached hydrogen (secondary N) is 2.